The predicted molar refractivity (Wildman–Crippen MR) is 245 cm³/mol. The Kier molecular flexibility index (Phi) is 20.9. The van der Waals surface area contributed by atoms with Crippen molar-refractivity contribution in [2.24, 2.45) is 11.8 Å². The molecule has 0 spiro atoms. The summed E-state index contributed by atoms with van der Waals surface area (Å²) >= 11 is 0. The third-order valence-electron chi connectivity index (χ3n) is 10.1. The number of ether oxygens (including phenoxy) is 3. The number of rotatable bonds is 21. The van der Waals surface area contributed by atoms with Crippen molar-refractivity contribution in [1.29, 1.82) is 0 Å². The van der Waals surface area contributed by atoms with Crippen molar-refractivity contribution in [2.75, 3.05) is 6.61 Å². The molecule has 0 bridgehead atoms. The molecule has 5 aromatic carbocycles. The number of carbonyl (C=O) groups excluding carboxylic acids is 6. The Morgan fingerprint density at radius 2 is 0.939 bits per heavy atom. The fourth-order valence-electron chi connectivity index (χ4n) is 6.37. The van der Waals surface area contributed by atoms with Gasteiger partial charge in [-0.3, -0.25) is 19.2 Å². The lowest BCUT2D eigenvalue weighted by atomic mass is 9.92. The smallest absolute Gasteiger partial charge is 0.408 e. The second-order valence-electron chi connectivity index (χ2n) is 15.7. The van der Waals surface area contributed by atoms with Crippen molar-refractivity contribution >= 4 is 35.6 Å². The van der Waals surface area contributed by atoms with Gasteiger partial charge in [0.1, 0.15) is 43.4 Å². The van der Waals surface area contributed by atoms with Crippen LogP contribution in [0.2, 0.25) is 0 Å². The van der Waals surface area contributed by atoms with Crippen molar-refractivity contribution in [3.63, 3.8) is 0 Å². The number of aliphatic hydroxyl groups excluding tert-OH is 1. The van der Waals surface area contributed by atoms with Gasteiger partial charge in [0.25, 0.3) is 0 Å². The molecule has 0 saturated heterocycles. The SMILES string of the molecule is CC(=O)[C@H](Cc1ccc(O)cc1)NC(=O)[C@@H](NC(=O)OCc1ccccc1)C(C)C.O=C(NC(CO)C(=O)CC(Cc1ccc(O)cc1)C(=O)OCc1ccccc1)OCc1ccccc1. The van der Waals surface area contributed by atoms with Gasteiger partial charge in [0.15, 0.2) is 11.6 Å². The van der Waals surface area contributed by atoms with Crippen LogP contribution >= 0.6 is 0 Å². The summed E-state index contributed by atoms with van der Waals surface area (Å²) in [6.45, 7) is 4.49. The first-order chi connectivity index (χ1) is 31.7. The molecule has 15 heteroatoms. The first-order valence-electron chi connectivity index (χ1n) is 21.4. The van der Waals surface area contributed by atoms with Gasteiger partial charge in [-0.25, -0.2) is 9.59 Å². The van der Waals surface area contributed by atoms with E-state index in [1.54, 1.807) is 50.2 Å². The number of hydrogen-bond acceptors (Lipinski definition) is 12. The summed E-state index contributed by atoms with van der Waals surface area (Å²) in [5.74, 6) is -2.64. The Labute approximate surface area is 384 Å². The minimum absolute atomic E-state index is 0.00824. The molecule has 0 heterocycles. The average Bonchev–Trinajstić information content (AvgIpc) is 3.32. The molecule has 5 aromatic rings. The molecule has 0 saturated carbocycles. The van der Waals surface area contributed by atoms with Gasteiger partial charge < -0.3 is 45.5 Å². The Hall–Kier alpha value is -7.52. The molecule has 0 aromatic heterocycles. The van der Waals surface area contributed by atoms with Crippen LogP contribution in [-0.2, 0) is 66.1 Å². The van der Waals surface area contributed by atoms with Gasteiger partial charge in [-0.15, -0.1) is 0 Å². The number of Topliss-reactive ketones (excluding diaryl/α,β-unsaturated/α-hetero) is 2. The molecule has 5 rings (SSSR count). The van der Waals surface area contributed by atoms with E-state index in [0.717, 1.165) is 27.8 Å². The third kappa shape index (κ3) is 18.3. The zero-order chi connectivity index (χ0) is 47.8. The zero-order valence-electron chi connectivity index (χ0n) is 37.1. The molecule has 0 aliphatic carbocycles. The number of esters is 1. The number of benzene rings is 5. The first kappa shape index (κ1) is 51.1. The van der Waals surface area contributed by atoms with Crippen molar-refractivity contribution in [3.8, 4) is 11.5 Å². The number of amides is 3. The van der Waals surface area contributed by atoms with Crippen LogP contribution in [0.3, 0.4) is 0 Å². The maximum Gasteiger partial charge on any atom is 0.408 e. The molecule has 0 radical (unpaired) electrons. The van der Waals surface area contributed by atoms with E-state index in [9.17, 15) is 44.1 Å². The number of aromatic hydroxyl groups is 2. The summed E-state index contributed by atoms with van der Waals surface area (Å²) < 4.78 is 15.8. The quantitative estimate of drug-likeness (QED) is 0.0343. The van der Waals surface area contributed by atoms with Crippen LogP contribution in [0.5, 0.6) is 11.5 Å². The van der Waals surface area contributed by atoms with E-state index in [1.807, 2.05) is 78.9 Å². The van der Waals surface area contributed by atoms with E-state index in [0.29, 0.717) is 0 Å². The molecule has 3 amide bonds. The van der Waals surface area contributed by atoms with E-state index >= 15 is 0 Å². The molecule has 4 atom stereocenters. The highest BCUT2D eigenvalue weighted by Crippen LogP contribution is 2.20. The summed E-state index contributed by atoms with van der Waals surface area (Å²) in [5.41, 5.74) is 3.93. The van der Waals surface area contributed by atoms with Gasteiger partial charge in [0.05, 0.1) is 18.6 Å². The molecule has 0 aliphatic rings. The van der Waals surface area contributed by atoms with E-state index in [4.69, 9.17) is 14.2 Å². The Morgan fingerprint density at radius 3 is 1.36 bits per heavy atom. The van der Waals surface area contributed by atoms with Crippen LogP contribution < -0.4 is 16.0 Å². The van der Waals surface area contributed by atoms with Crippen molar-refractivity contribution in [3.05, 3.63) is 167 Å². The average molecular weight is 904 g/mol. The highest BCUT2D eigenvalue weighted by molar-refractivity contribution is 5.92. The number of hydrogen-bond donors (Lipinski definition) is 6. The maximum atomic E-state index is 12.9. The number of carbonyl (C=O) groups is 6. The van der Waals surface area contributed by atoms with Gasteiger partial charge in [-0.05, 0) is 77.8 Å². The minimum Gasteiger partial charge on any atom is -0.508 e. The number of aliphatic hydroxyl groups is 1. The molecule has 0 aliphatic heterocycles. The van der Waals surface area contributed by atoms with Gasteiger partial charge >= 0.3 is 18.2 Å². The fraction of sp³-hybridized carbons (Fsp3) is 0.294. The van der Waals surface area contributed by atoms with E-state index < -0.39 is 60.5 Å². The summed E-state index contributed by atoms with van der Waals surface area (Å²) in [6, 6.07) is 37.3. The van der Waals surface area contributed by atoms with Crippen molar-refractivity contribution < 1.29 is 58.3 Å². The first-order valence-corrected chi connectivity index (χ1v) is 21.4. The van der Waals surface area contributed by atoms with Crippen LogP contribution in [0.25, 0.3) is 0 Å². The summed E-state index contributed by atoms with van der Waals surface area (Å²) in [6.07, 6.45) is -1.36. The van der Waals surface area contributed by atoms with Gasteiger partial charge in [0, 0.05) is 6.42 Å². The lowest BCUT2D eigenvalue weighted by molar-refractivity contribution is -0.151. The molecule has 15 nitrogen and oxygen atoms in total. The van der Waals surface area contributed by atoms with Crippen LogP contribution in [0, 0.1) is 11.8 Å². The topological polar surface area (TPSA) is 227 Å². The number of ketones is 2. The molecule has 6 N–H and O–H groups in total. The van der Waals surface area contributed by atoms with E-state index in [2.05, 4.69) is 16.0 Å². The van der Waals surface area contributed by atoms with Crippen LogP contribution in [0.15, 0.2) is 140 Å². The van der Waals surface area contributed by atoms with Crippen molar-refractivity contribution in [2.45, 2.75) is 78.0 Å². The number of phenolic OH excluding ortho intramolecular Hbond substituents is 2. The summed E-state index contributed by atoms with van der Waals surface area (Å²) in [7, 11) is 0. The number of nitrogens with one attached hydrogen (secondary N) is 3. The van der Waals surface area contributed by atoms with Crippen molar-refractivity contribution in [1.82, 2.24) is 16.0 Å². The highest BCUT2D eigenvalue weighted by Gasteiger charge is 2.30. The molecule has 2 unspecified atom stereocenters. The normalized spacial score (nSPS) is 12.4. The fourth-order valence-corrected chi connectivity index (χ4v) is 6.37. The minimum atomic E-state index is -1.24. The van der Waals surface area contributed by atoms with Crippen LogP contribution in [0.1, 0.15) is 55.0 Å². The Bertz CT molecular complexity index is 2290. The summed E-state index contributed by atoms with van der Waals surface area (Å²) in [5, 5.41) is 36.3. The maximum absolute atomic E-state index is 12.9. The second kappa shape index (κ2) is 27.0. The van der Waals surface area contributed by atoms with E-state index in [1.165, 1.54) is 31.2 Å². The standard InChI is InChI=1S/C28H29NO7.C23H28N2O5/c30-17-25(29-28(34)36-19-22-9-5-2-6-10-22)26(32)16-23(15-20-11-13-24(31)14-12-20)27(33)35-18-21-7-3-1-4-8-21;1-15(2)21(25-23(29)30-14-18-7-5-4-6-8-18)22(28)24-20(16(3)26)13-17-9-11-19(27)12-10-17/h1-14,23,25,30-31H,15-19H2,(H,29,34);4-12,15,20-21,27H,13-14H2,1-3H3,(H,24,28)(H,25,29)/t;20-,21-/m.0/s1. The molecule has 0 fully saturated rings. The highest BCUT2D eigenvalue weighted by atomic mass is 16.6. The lowest BCUT2D eigenvalue weighted by Crippen LogP contribution is -2.54. The van der Waals surface area contributed by atoms with Gasteiger partial charge in [-0.1, -0.05) is 129 Å². The summed E-state index contributed by atoms with van der Waals surface area (Å²) in [4.78, 5) is 75.0. The monoisotopic (exact) mass is 903 g/mol. The van der Waals surface area contributed by atoms with Gasteiger partial charge in [-0.2, -0.15) is 0 Å². The van der Waals surface area contributed by atoms with E-state index in [-0.39, 0.29) is 62.3 Å². The second-order valence-corrected chi connectivity index (χ2v) is 15.7. The molecular formula is C51H57N3O12. The predicted octanol–water partition coefficient (Wildman–Crippen LogP) is 6.50. The van der Waals surface area contributed by atoms with Crippen LogP contribution in [-0.4, -0.2) is 75.7 Å². The Morgan fingerprint density at radius 1 is 0.515 bits per heavy atom. The molecule has 348 valence electrons. The number of alkyl carbamates (subject to hydrolysis) is 2. The third-order valence-corrected chi connectivity index (χ3v) is 10.1. The lowest BCUT2D eigenvalue weighted by Gasteiger charge is -2.24. The molecular weight excluding hydrogens is 847 g/mol. The van der Waals surface area contributed by atoms with Gasteiger partial charge in [0.2, 0.25) is 5.91 Å². The number of phenols is 2. The zero-order valence-corrected chi connectivity index (χ0v) is 37.1. The van der Waals surface area contributed by atoms with Crippen LogP contribution in [0.4, 0.5) is 9.59 Å². The largest absolute Gasteiger partial charge is 0.508 e. The Balaban J connectivity index is 0.000000294. The molecule has 66 heavy (non-hydrogen) atoms.